The lowest BCUT2D eigenvalue weighted by Gasteiger charge is -2.58. The molecule has 38 heavy (non-hydrogen) atoms. The Morgan fingerprint density at radius 3 is 2.66 bits per heavy atom. The molecule has 2 N–H and O–H groups in total. The minimum absolute atomic E-state index is 0.148. The normalized spacial score (nSPS) is 17.2. The van der Waals surface area contributed by atoms with Gasteiger partial charge in [-0.3, -0.25) is 4.68 Å². The Labute approximate surface area is 235 Å². The minimum Gasteiger partial charge on any atom is -0.491 e. The molecule has 2 fully saturated rings. The first-order valence-corrected chi connectivity index (χ1v) is 13.8. The van der Waals surface area contributed by atoms with E-state index in [4.69, 9.17) is 26.3 Å². The van der Waals surface area contributed by atoms with E-state index in [0.717, 1.165) is 58.9 Å². The SMILES string of the molecule is CNC[C@@H](O)COc1ccc(Cl)c(-c2nc(-c3c(C)c(Br)nn3C)c(C)c(N3CC4(CC(C#N)C4)C3)n2)c1. The number of aromatic nitrogens is 4. The molecule has 1 aliphatic carbocycles. The first-order chi connectivity index (χ1) is 18.1. The van der Waals surface area contributed by atoms with E-state index in [9.17, 15) is 10.4 Å². The van der Waals surface area contributed by atoms with Crippen molar-refractivity contribution < 1.29 is 9.84 Å². The summed E-state index contributed by atoms with van der Waals surface area (Å²) in [6.45, 7) is 6.38. The molecular formula is C27H31BrClN7O2. The van der Waals surface area contributed by atoms with Crippen molar-refractivity contribution in [2.75, 3.05) is 38.2 Å². The number of aliphatic hydroxyl groups is 1. The van der Waals surface area contributed by atoms with Crippen LogP contribution in [0.5, 0.6) is 5.75 Å². The van der Waals surface area contributed by atoms with Crippen LogP contribution in [0.3, 0.4) is 0 Å². The smallest absolute Gasteiger partial charge is 0.163 e. The predicted molar refractivity (Wildman–Crippen MR) is 150 cm³/mol. The number of hydrogen-bond donors (Lipinski definition) is 2. The molecule has 1 aromatic carbocycles. The Bertz CT molecular complexity index is 1410. The number of halogens is 2. The summed E-state index contributed by atoms with van der Waals surface area (Å²) in [5, 5.41) is 27.3. The number of rotatable bonds is 8. The lowest BCUT2D eigenvalue weighted by atomic mass is 9.58. The van der Waals surface area contributed by atoms with E-state index in [1.54, 1.807) is 19.2 Å². The van der Waals surface area contributed by atoms with Crippen LogP contribution in [0.15, 0.2) is 22.8 Å². The summed E-state index contributed by atoms with van der Waals surface area (Å²) in [6.07, 6.45) is 1.26. The van der Waals surface area contributed by atoms with Crippen molar-refractivity contribution in [1.29, 1.82) is 5.26 Å². The van der Waals surface area contributed by atoms with Crippen molar-refractivity contribution >= 4 is 33.3 Å². The van der Waals surface area contributed by atoms with Gasteiger partial charge in [0, 0.05) is 54.7 Å². The van der Waals surface area contributed by atoms with Crippen LogP contribution in [0, 0.1) is 36.5 Å². The summed E-state index contributed by atoms with van der Waals surface area (Å²) in [5.74, 6) is 2.09. The molecule has 11 heteroatoms. The highest BCUT2D eigenvalue weighted by atomic mass is 79.9. The third-order valence-electron chi connectivity index (χ3n) is 7.52. The number of nitriles is 1. The number of aryl methyl sites for hydroxylation is 1. The average molecular weight is 601 g/mol. The molecule has 200 valence electrons. The van der Waals surface area contributed by atoms with Gasteiger partial charge in [0.1, 0.15) is 28.9 Å². The van der Waals surface area contributed by atoms with E-state index in [1.165, 1.54) is 0 Å². The van der Waals surface area contributed by atoms with Crippen LogP contribution in [-0.4, -0.2) is 64.2 Å². The maximum atomic E-state index is 10.1. The van der Waals surface area contributed by atoms with E-state index in [1.807, 2.05) is 31.6 Å². The highest BCUT2D eigenvalue weighted by Gasteiger charge is 2.53. The van der Waals surface area contributed by atoms with Gasteiger partial charge in [0.2, 0.25) is 0 Å². The molecule has 0 radical (unpaired) electrons. The number of benzene rings is 1. The van der Waals surface area contributed by atoms with Crippen molar-refractivity contribution in [3.05, 3.63) is 39.0 Å². The van der Waals surface area contributed by atoms with Gasteiger partial charge < -0.3 is 20.1 Å². The van der Waals surface area contributed by atoms with Crippen LogP contribution in [0.2, 0.25) is 5.02 Å². The molecule has 2 aromatic heterocycles. The maximum Gasteiger partial charge on any atom is 0.163 e. The van der Waals surface area contributed by atoms with Gasteiger partial charge in [-0.05, 0) is 67.9 Å². The topological polar surface area (TPSA) is 112 Å². The Hall–Kier alpha value is -2.71. The fourth-order valence-electron chi connectivity index (χ4n) is 5.59. The van der Waals surface area contributed by atoms with E-state index >= 15 is 0 Å². The van der Waals surface area contributed by atoms with E-state index in [-0.39, 0.29) is 17.9 Å². The average Bonchev–Trinajstić information content (AvgIpc) is 3.09. The van der Waals surface area contributed by atoms with Crippen LogP contribution in [0.1, 0.15) is 24.0 Å². The van der Waals surface area contributed by atoms with Crippen molar-refractivity contribution in [3.8, 4) is 34.6 Å². The lowest BCUT2D eigenvalue weighted by Crippen LogP contribution is -2.62. The van der Waals surface area contributed by atoms with Crippen LogP contribution < -0.4 is 15.0 Å². The van der Waals surface area contributed by atoms with Crippen LogP contribution in [0.4, 0.5) is 5.82 Å². The summed E-state index contributed by atoms with van der Waals surface area (Å²) < 4.78 is 8.43. The second kappa shape index (κ2) is 10.5. The first kappa shape index (κ1) is 26.9. The number of anilines is 1. The fraction of sp³-hybridized carbons (Fsp3) is 0.481. The highest BCUT2D eigenvalue weighted by molar-refractivity contribution is 9.10. The second-order valence-corrected chi connectivity index (χ2v) is 11.6. The third-order valence-corrected chi connectivity index (χ3v) is 8.61. The van der Waals surface area contributed by atoms with E-state index in [2.05, 4.69) is 37.3 Å². The zero-order valence-corrected chi connectivity index (χ0v) is 24.3. The number of hydrogen-bond acceptors (Lipinski definition) is 8. The number of likely N-dealkylation sites (N-methyl/N-ethyl adjacent to an activating group) is 1. The maximum absolute atomic E-state index is 10.1. The minimum atomic E-state index is -0.634. The van der Waals surface area contributed by atoms with Crippen molar-refractivity contribution in [1.82, 2.24) is 25.1 Å². The number of nitrogens with one attached hydrogen (secondary N) is 1. The summed E-state index contributed by atoms with van der Waals surface area (Å²) in [4.78, 5) is 12.3. The zero-order valence-electron chi connectivity index (χ0n) is 21.9. The molecule has 3 heterocycles. The number of aliphatic hydroxyl groups excluding tert-OH is 1. The lowest BCUT2D eigenvalue weighted by molar-refractivity contribution is 0.0511. The van der Waals surface area contributed by atoms with Gasteiger partial charge in [-0.25, -0.2) is 9.97 Å². The zero-order chi connectivity index (χ0) is 27.2. The standard InChI is InChI=1S/C27H31BrClN7O2/c1-15-22(23-16(2)24(28)34-35(23)4)32-25(33-26(15)36-13-27(14-36)8-17(9-27)10-30)20-7-19(5-6-21(20)29)38-12-18(37)11-31-3/h5-7,17-18,31,37H,8-9,11-14H2,1-4H3/t18-/m1/s1. The molecule has 2 aliphatic rings. The van der Waals surface area contributed by atoms with Gasteiger partial charge in [0.05, 0.1) is 22.5 Å². The van der Waals surface area contributed by atoms with Gasteiger partial charge in [0.25, 0.3) is 0 Å². The second-order valence-electron chi connectivity index (χ2n) is 10.5. The van der Waals surface area contributed by atoms with E-state index in [0.29, 0.717) is 28.7 Å². The molecule has 1 saturated heterocycles. The Morgan fingerprint density at radius 2 is 2.03 bits per heavy atom. The molecule has 1 atom stereocenters. The largest absolute Gasteiger partial charge is 0.491 e. The van der Waals surface area contributed by atoms with Crippen molar-refractivity contribution in [2.45, 2.75) is 32.8 Å². The number of ether oxygens (including phenoxy) is 1. The summed E-state index contributed by atoms with van der Waals surface area (Å²) in [7, 11) is 3.68. The molecule has 0 bridgehead atoms. The molecule has 1 aliphatic heterocycles. The molecule has 3 aromatic rings. The van der Waals surface area contributed by atoms with Gasteiger partial charge in [0.15, 0.2) is 5.82 Å². The molecule has 1 spiro atoms. The van der Waals surface area contributed by atoms with Gasteiger partial charge in [-0.1, -0.05) is 11.6 Å². The third kappa shape index (κ3) is 4.89. The van der Waals surface area contributed by atoms with Crippen molar-refractivity contribution in [3.63, 3.8) is 0 Å². The molecule has 5 rings (SSSR count). The first-order valence-electron chi connectivity index (χ1n) is 12.6. The Morgan fingerprint density at radius 1 is 1.29 bits per heavy atom. The fourth-order valence-corrected chi connectivity index (χ4v) is 6.22. The van der Waals surface area contributed by atoms with Crippen LogP contribution in [0.25, 0.3) is 22.8 Å². The summed E-state index contributed by atoms with van der Waals surface area (Å²) in [5.41, 5.74) is 4.52. The monoisotopic (exact) mass is 599 g/mol. The van der Waals surface area contributed by atoms with Gasteiger partial charge in [-0.15, -0.1) is 0 Å². The van der Waals surface area contributed by atoms with Gasteiger partial charge >= 0.3 is 0 Å². The number of nitrogens with zero attached hydrogens (tertiary/aromatic N) is 6. The van der Waals surface area contributed by atoms with Gasteiger partial charge in [-0.2, -0.15) is 10.4 Å². The summed E-state index contributed by atoms with van der Waals surface area (Å²) >= 11 is 10.2. The quantitative estimate of drug-likeness (QED) is 0.394. The van der Waals surface area contributed by atoms with Crippen LogP contribution >= 0.6 is 27.5 Å². The molecule has 9 nitrogen and oxygen atoms in total. The molecule has 0 unspecified atom stereocenters. The Kier molecular flexibility index (Phi) is 7.40. The molecule has 0 amide bonds. The van der Waals surface area contributed by atoms with E-state index < -0.39 is 6.10 Å². The van der Waals surface area contributed by atoms with Crippen LogP contribution in [-0.2, 0) is 7.05 Å². The van der Waals surface area contributed by atoms with Crippen molar-refractivity contribution in [2.24, 2.45) is 18.4 Å². The highest BCUT2D eigenvalue weighted by Crippen LogP contribution is 2.53. The molecule has 1 saturated carbocycles. The predicted octanol–water partition coefficient (Wildman–Crippen LogP) is 4.28. The summed E-state index contributed by atoms with van der Waals surface area (Å²) in [6, 6.07) is 7.76. The molecular weight excluding hydrogens is 570 g/mol. The Balaban J connectivity index is 1.55.